The fraction of sp³-hybridized carbons (Fsp3) is 0.300. The lowest BCUT2D eigenvalue weighted by atomic mass is 10.1. The zero-order valence-corrected chi connectivity index (χ0v) is 15.4. The van der Waals surface area contributed by atoms with Crippen molar-refractivity contribution in [2.24, 2.45) is 0 Å². The summed E-state index contributed by atoms with van der Waals surface area (Å²) in [7, 11) is 3.61. The highest BCUT2D eigenvalue weighted by molar-refractivity contribution is 5.96. The number of amides is 2. The maximum atomic E-state index is 14.3. The molecule has 3 rings (SSSR count). The molecule has 2 aromatic rings. The van der Waals surface area contributed by atoms with E-state index in [0.29, 0.717) is 37.4 Å². The second-order valence-electron chi connectivity index (χ2n) is 6.69. The van der Waals surface area contributed by atoms with E-state index in [9.17, 15) is 19.1 Å². The van der Waals surface area contributed by atoms with Gasteiger partial charge in [-0.3, -0.25) is 9.59 Å². The molecule has 1 aliphatic heterocycles. The molecule has 1 N–H and O–H groups in total. The topological polar surface area (TPSA) is 64.1 Å². The van der Waals surface area contributed by atoms with Gasteiger partial charge < -0.3 is 19.8 Å². The van der Waals surface area contributed by atoms with Crippen LogP contribution in [0.3, 0.4) is 0 Å². The highest BCUT2D eigenvalue weighted by atomic mass is 19.1. The van der Waals surface area contributed by atoms with E-state index in [0.717, 1.165) is 0 Å². The van der Waals surface area contributed by atoms with Crippen LogP contribution < -0.4 is 4.90 Å². The van der Waals surface area contributed by atoms with E-state index in [2.05, 4.69) is 0 Å². The normalized spacial score (nSPS) is 14.2. The van der Waals surface area contributed by atoms with Crippen LogP contribution in [0.4, 0.5) is 10.1 Å². The standard InChI is InChI=1S/C20H22FN3O3/c1-22(2)15-5-8-17(18(21)13-15)20(27)24-11-9-23(10-12-24)19(26)14-3-6-16(25)7-4-14/h3-8,13,25H,9-12H2,1-2H3. The maximum absolute atomic E-state index is 14.3. The number of hydrogen-bond donors (Lipinski definition) is 1. The van der Waals surface area contributed by atoms with Crippen LogP contribution in [0, 0.1) is 5.82 Å². The van der Waals surface area contributed by atoms with Gasteiger partial charge in [0.05, 0.1) is 5.56 Å². The molecule has 0 spiro atoms. The quantitative estimate of drug-likeness (QED) is 0.898. The van der Waals surface area contributed by atoms with Gasteiger partial charge in [0.15, 0.2) is 0 Å². The summed E-state index contributed by atoms with van der Waals surface area (Å²) < 4.78 is 14.3. The second-order valence-corrected chi connectivity index (χ2v) is 6.69. The Labute approximate surface area is 157 Å². The third-order valence-electron chi connectivity index (χ3n) is 4.67. The van der Waals surface area contributed by atoms with Crippen molar-refractivity contribution in [2.75, 3.05) is 45.2 Å². The van der Waals surface area contributed by atoms with Crippen LogP contribution in [0.15, 0.2) is 42.5 Å². The van der Waals surface area contributed by atoms with Gasteiger partial charge in [-0.15, -0.1) is 0 Å². The summed E-state index contributed by atoms with van der Waals surface area (Å²) in [5.74, 6) is -0.962. The molecule has 7 heteroatoms. The Morgan fingerprint density at radius 1 is 0.926 bits per heavy atom. The fourth-order valence-electron chi connectivity index (χ4n) is 3.03. The van der Waals surface area contributed by atoms with Crippen molar-refractivity contribution in [2.45, 2.75) is 0 Å². The minimum atomic E-state index is -0.547. The Kier molecular flexibility index (Phi) is 5.30. The van der Waals surface area contributed by atoms with Gasteiger partial charge >= 0.3 is 0 Å². The van der Waals surface area contributed by atoms with E-state index >= 15 is 0 Å². The van der Waals surface area contributed by atoms with E-state index in [1.165, 1.54) is 24.3 Å². The first-order valence-corrected chi connectivity index (χ1v) is 8.71. The predicted molar refractivity (Wildman–Crippen MR) is 101 cm³/mol. The number of hydrogen-bond acceptors (Lipinski definition) is 4. The monoisotopic (exact) mass is 371 g/mol. The van der Waals surface area contributed by atoms with Crippen LogP contribution in [0.2, 0.25) is 0 Å². The molecule has 0 aromatic heterocycles. The van der Waals surface area contributed by atoms with Crippen LogP contribution in [-0.4, -0.2) is 67.0 Å². The number of aromatic hydroxyl groups is 1. The molecule has 0 aliphatic carbocycles. The smallest absolute Gasteiger partial charge is 0.256 e. The molecule has 1 aliphatic rings. The summed E-state index contributed by atoms with van der Waals surface area (Å²) >= 11 is 0. The molecule has 142 valence electrons. The van der Waals surface area contributed by atoms with E-state index in [-0.39, 0.29) is 23.1 Å². The third kappa shape index (κ3) is 4.02. The number of halogens is 1. The van der Waals surface area contributed by atoms with Crippen LogP contribution >= 0.6 is 0 Å². The number of phenols is 1. The molecule has 2 amide bonds. The minimum absolute atomic E-state index is 0.0407. The lowest BCUT2D eigenvalue weighted by molar-refractivity contribution is 0.0533. The largest absolute Gasteiger partial charge is 0.508 e. The van der Waals surface area contributed by atoms with Gasteiger partial charge in [0.25, 0.3) is 11.8 Å². The number of carbonyl (C=O) groups is 2. The number of carbonyl (C=O) groups excluding carboxylic acids is 2. The van der Waals surface area contributed by atoms with Crippen LogP contribution in [0.25, 0.3) is 0 Å². The second kappa shape index (κ2) is 7.65. The number of nitrogens with zero attached hydrogens (tertiary/aromatic N) is 3. The molecule has 27 heavy (non-hydrogen) atoms. The molecule has 0 unspecified atom stereocenters. The maximum Gasteiger partial charge on any atom is 0.256 e. The van der Waals surface area contributed by atoms with Crippen LogP contribution in [-0.2, 0) is 0 Å². The Morgan fingerprint density at radius 3 is 2.00 bits per heavy atom. The Bertz CT molecular complexity index is 844. The van der Waals surface area contributed by atoms with Gasteiger partial charge in [-0.1, -0.05) is 0 Å². The molecule has 0 atom stereocenters. The van der Waals surface area contributed by atoms with Crippen LogP contribution in [0.1, 0.15) is 20.7 Å². The van der Waals surface area contributed by atoms with Crippen molar-refractivity contribution in [1.29, 1.82) is 0 Å². The molecule has 0 saturated carbocycles. The number of phenolic OH excluding ortho intramolecular Hbond substituents is 1. The molecule has 6 nitrogen and oxygen atoms in total. The third-order valence-corrected chi connectivity index (χ3v) is 4.67. The first kappa shape index (κ1) is 18.7. The SMILES string of the molecule is CN(C)c1ccc(C(=O)N2CCN(C(=O)c3ccc(O)cc3)CC2)c(F)c1. The van der Waals surface area contributed by atoms with Gasteiger partial charge in [-0.05, 0) is 42.5 Å². The van der Waals surface area contributed by atoms with Gasteiger partial charge in [-0.25, -0.2) is 4.39 Å². The Morgan fingerprint density at radius 2 is 1.48 bits per heavy atom. The van der Waals surface area contributed by atoms with E-state index in [1.54, 1.807) is 47.0 Å². The van der Waals surface area contributed by atoms with E-state index in [4.69, 9.17) is 0 Å². The summed E-state index contributed by atoms with van der Waals surface area (Å²) in [5.41, 5.74) is 1.21. The van der Waals surface area contributed by atoms with Crippen molar-refractivity contribution in [3.05, 3.63) is 59.4 Å². The van der Waals surface area contributed by atoms with Crippen molar-refractivity contribution in [1.82, 2.24) is 9.80 Å². The van der Waals surface area contributed by atoms with Gasteiger partial charge in [0, 0.05) is 51.5 Å². The van der Waals surface area contributed by atoms with Crippen molar-refractivity contribution in [3.8, 4) is 5.75 Å². The number of benzene rings is 2. The molecular weight excluding hydrogens is 349 g/mol. The van der Waals surface area contributed by atoms with Crippen molar-refractivity contribution >= 4 is 17.5 Å². The molecule has 0 bridgehead atoms. The molecule has 2 aromatic carbocycles. The first-order valence-electron chi connectivity index (χ1n) is 8.71. The van der Waals surface area contributed by atoms with E-state index < -0.39 is 5.82 Å². The Balaban J connectivity index is 1.64. The summed E-state index contributed by atoms with van der Waals surface area (Å²) in [6, 6.07) is 10.6. The molecule has 1 fully saturated rings. The summed E-state index contributed by atoms with van der Waals surface area (Å²) in [4.78, 5) is 30.1. The van der Waals surface area contributed by atoms with Gasteiger partial charge in [0.1, 0.15) is 11.6 Å². The summed E-state index contributed by atoms with van der Waals surface area (Å²) in [5, 5.41) is 9.32. The molecule has 0 radical (unpaired) electrons. The predicted octanol–water partition coefficient (Wildman–Crippen LogP) is 2.20. The van der Waals surface area contributed by atoms with Crippen molar-refractivity contribution in [3.63, 3.8) is 0 Å². The average molecular weight is 371 g/mol. The van der Waals surface area contributed by atoms with Crippen LogP contribution in [0.5, 0.6) is 5.75 Å². The zero-order valence-electron chi connectivity index (χ0n) is 15.4. The first-order chi connectivity index (χ1) is 12.9. The zero-order chi connectivity index (χ0) is 19.6. The fourth-order valence-corrected chi connectivity index (χ4v) is 3.03. The highest BCUT2D eigenvalue weighted by Gasteiger charge is 2.27. The number of anilines is 1. The average Bonchev–Trinajstić information content (AvgIpc) is 2.67. The van der Waals surface area contributed by atoms with Crippen molar-refractivity contribution < 1.29 is 19.1 Å². The van der Waals surface area contributed by atoms with Gasteiger partial charge in [-0.2, -0.15) is 0 Å². The molecule has 1 saturated heterocycles. The Hall–Kier alpha value is -3.09. The summed E-state index contributed by atoms with van der Waals surface area (Å²) in [6.45, 7) is 1.45. The number of piperazine rings is 1. The van der Waals surface area contributed by atoms with Gasteiger partial charge in [0.2, 0.25) is 0 Å². The lowest BCUT2D eigenvalue weighted by Crippen LogP contribution is -2.50. The molecular formula is C20H22FN3O3. The molecule has 1 heterocycles. The number of rotatable bonds is 3. The lowest BCUT2D eigenvalue weighted by Gasteiger charge is -2.35. The summed E-state index contributed by atoms with van der Waals surface area (Å²) in [6.07, 6.45) is 0. The minimum Gasteiger partial charge on any atom is -0.508 e. The van der Waals surface area contributed by atoms with E-state index in [1.807, 2.05) is 0 Å². The highest BCUT2D eigenvalue weighted by Crippen LogP contribution is 2.19.